The van der Waals surface area contributed by atoms with Crippen LogP contribution in [0, 0.1) is 0 Å². The van der Waals surface area contributed by atoms with Crippen LogP contribution in [0.25, 0.3) is 0 Å². The highest BCUT2D eigenvalue weighted by Gasteiger charge is 2.20. The highest BCUT2D eigenvalue weighted by Crippen LogP contribution is 2.19. The predicted octanol–water partition coefficient (Wildman–Crippen LogP) is 20.6. The smallest absolute Gasteiger partial charge is 0.305 e. The van der Waals surface area contributed by atoms with Crippen molar-refractivity contribution in [3.8, 4) is 0 Å². The topological polar surface area (TPSA) is 95.9 Å². The Bertz CT molecular complexity index is 1020. The standard InChI is InChI=1S/C65H129NO5/c1-3-5-7-9-11-13-15-17-31-35-39-43-47-51-55-59-65(70)71-60-56-52-48-44-40-36-33-30-28-26-24-22-20-18-19-21-23-25-27-29-32-34-38-42-46-50-54-58-64(69)66-62(61-67)63(68)57-53-49-45-41-37-16-14-12-10-8-6-4-2/h62-63,67-68H,3-61H2,1-2H3,(H,66,69). The molecule has 3 N–H and O–H groups in total. The highest BCUT2D eigenvalue weighted by atomic mass is 16.5. The van der Waals surface area contributed by atoms with Crippen LogP contribution in [0.2, 0.25) is 0 Å². The number of rotatable bonds is 62. The van der Waals surface area contributed by atoms with Crippen molar-refractivity contribution in [2.24, 2.45) is 0 Å². The lowest BCUT2D eigenvalue weighted by atomic mass is 10.0. The van der Waals surface area contributed by atoms with E-state index in [0.29, 0.717) is 25.9 Å². The summed E-state index contributed by atoms with van der Waals surface area (Å²) in [5.41, 5.74) is 0. The van der Waals surface area contributed by atoms with Gasteiger partial charge < -0.3 is 20.3 Å². The van der Waals surface area contributed by atoms with E-state index >= 15 is 0 Å². The molecular formula is C65H129NO5. The first-order chi connectivity index (χ1) is 35.0. The van der Waals surface area contributed by atoms with Gasteiger partial charge >= 0.3 is 5.97 Å². The first-order valence-corrected chi connectivity index (χ1v) is 32.8. The van der Waals surface area contributed by atoms with Crippen molar-refractivity contribution < 1.29 is 24.5 Å². The summed E-state index contributed by atoms with van der Waals surface area (Å²) in [5, 5.41) is 23.2. The zero-order valence-corrected chi connectivity index (χ0v) is 48.5. The molecule has 0 heterocycles. The molecule has 0 saturated carbocycles. The Hall–Kier alpha value is -1.14. The predicted molar refractivity (Wildman–Crippen MR) is 310 cm³/mol. The van der Waals surface area contributed by atoms with Crippen LogP contribution in [-0.4, -0.2) is 47.4 Å². The molecule has 0 bridgehead atoms. The van der Waals surface area contributed by atoms with E-state index in [4.69, 9.17) is 4.74 Å². The maximum absolute atomic E-state index is 12.5. The molecule has 0 aliphatic rings. The second-order valence-electron chi connectivity index (χ2n) is 22.8. The average Bonchev–Trinajstić information content (AvgIpc) is 3.37. The van der Waals surface area contributed by atoms with Gasteiger partial charge in [-0.05, 0) is 25.7 Å². The molecule has 6 nitrogen and oxygen atoms in total. The molecule has 0 rings (SSSR count). The summed E-state index contributed by atoms with van der Waals surface area (Å²) in [7, 11) is 0. The van der Waals surface area contributed by atoms with Gasteiger partial charge in [-0.2, -0.15) is 0 Å². The molecule has 0 radical (unpaired) electrons. The summed E-state index contributed by atoms with van der Waals surface area (Å²) in [6.07, 6.45) is 72.8. The molecule has 0 aliphatic heterocycles. The number of aliphatic hydroxyl groups is 2. The van der Waals surface area contributed by atoms with E-state index in [2.05, 4.69) is 19.2 Å². The number of esters is 1. The van der Waals surface area contributed by atoms with Gasteiger partial charge in [0.05, 0.1) is 25.4 Å². The van der Waals surface area contributed by atoms with Gasteiger partial charge in [0.2, 0.25) is 5.91 Å². The molecule has 6 heteroatoms. The summed E-state index contributed by atoms with van der Waals surface area (Å²) >= 11 is 0. The Labute approximate surface area is 445 Å². The Morgan fingerprint density at radius 3 is 0.859 bits per heavy atom. The van der Waals surface area contributed by atoms with Crippen molar-refractivity contribution in [3.05, 3.63) is 0 Å². The quantitative estimate of drug-likeness (QED) is 0.0417. The van der Waals surface area contributed by atoms with E-state index in [-0.39, 0.29) is 18.5 Å². The summed E-state index contributed by atoms with van der Waals surface area (Å²) in [6.45, 7) is 4.99. The molecule has 0 spiro atoms. The molecule has 0 saturated heterocycles. The number of aliphatic hydroxyl groups excluding tert-OH is 2. The summed E-state index contributed by atoms with van der Waals surface area (Å²) in [6, 6.07) is -0.537. The number of nitrogens with one attached hydrogen (secondary N) is 1. The van der Waals surface area contributed by atoms with Crippen molar-refractivity contribution in [2.45, 2.75) is 392 Å². The summed E-state index contributed by atoms with van der Waals surface area (Å²) in [4.78, 5) is 24.5. The molecule has 0 aliphatic carbocycles. The highest BCUT2D eigenvalue weighted by molar-refractivity contribution is 5.76. The minimum absolute atomic E-state index is 0.0219. The third-order valence-corrected chi connectivity index (χ3v) is 15.7. The SMILES string of the molecule is CCCCCCCCCCCCCCCCCC(=O)OCCCCCCCCCCCCCCCCCCCCCCCCCCCCCC(=O)NC(CO)C(O)CCCCCCCCCCCCCC. The van der Waals surface area contributed by atoms with Crippen LogP contribution in [0.5, 0.6) is 0 Å². The number of hydrogen-bond acceptors (Lipinski definition) is 5. The zero-order valence-electron chi connectivity index (χ0n) is 48.5. The fourth-order valence-corrected chi connectivity index (χ4v) is 10.6. The number of carbonyl (C=O) groups excluding carboxylic acids is 2. The second-order valence-corrected chi connectivity index (χ2v) is 22.8. The van der Waals surface area contributed by atoms with E-state index < -0.39 is 12.1 Å². The lowest BCUT2D eigenvalue weighted by Crippen LogP contribution is -2.45. The molecule has 424 valence electrons. The van der Waals surface area contributed by atoms with Crippen molar-refractivity contribution in [2.75, 3.05) is 13.2 Å². The van der Waals surface area contributed by atoms with E-state index in [1.54, 1.807) is 0 Å². The molecule has 2 unspecified atom stereocenters. The van der Waals surface area contributed by atoms with Crippen LogP contribution in [-0.2, 0) is 14.3 Å². The van der Waals surface area contributed by atoms with E-state index in [9.17, 15) is 19.8 Å². The first-order valence-electron chi connectivity index (χ1n) is 32.8. The maximum Gasteiger partial charge on any atom is 0.305 e. The Morgan fingerprint density at radius 1 is 0.338 bits per heavy atom. The monoisotopic (exact) mass is 1000 g/mol. The van der Waals surface area contributed by atoms with E-state index in [0.717, 1.165) is 38.5 Å². The minimum atomic E-state index is -0.660. The fourth-order valence-electron chi connectivity index (χ4n) is 10.6. The molecule has 2 atom stereocenters. The lowest BCUT2D eigenvalue weighted by molar-refractivity contribution is -0.143. The summed E-state index contributed by atoms with van der Waals surface area (Å²) < 4.78 is 5.50. The Kier molecular flexibility index (Phi) is 60.4. The number of carbonyl (C=O) groups is 2. The first kappa shape index (κ1) is 69.9. The number of amides is 1. The molecule has 0 aromatic heterocycles. The third-order valence-electron chi connectivity index (χ3n) is 15.7. The zero-order chi connectivity index (χ0) is 51.4. The second kappa shape index (κ2) is 61.4. The van der Waals surface area contributed by atoms with Crippen LogP contribution in [0.1, 0.15) is 380 Å². The van der Waals surface area contributed by atoms with Gasteiger partial charge in [0.25, 0.3) is 0 Å². The van der Waals surface area contributed by atoms with Crippen LogP contribution in [0.3, 0.4) is 0 Å². The van der Waals surface area contributed by atoms with Crippen LogP contribution in [0.4, 0.5) is 0 Å². The number of hydrogen-bond donors (Lipinski definition) is 3. The van der Waals surface area contributed by atoms with Crippen molar-refractivity contribution in [3.63, 3.8) is 0 Å². The van der Waals surface area contributed by atoms with Crippen LogP contribution >= 0.6 is 0 Å². The fraction of sp³-hybridized carbons (Fsp3) is 0.969. The Balaban J connectivity index is 3.31. The molecule has 0 fully saturated rings. The summed E-state index contributed by atoms with van der Waals surface area (Å²) in [5.74, 6) is -0.00833. The maximum atomic E-state index is 12.5. The molecule has 71 heavy (non-hydrogen) atoms. The van der Waals surface area contributed by atoms with Gasteiger partial charge in [0, 0.05) is 12.8 Å². The number of unbranched alkanes of at least 4 members (excludes halogenated alkanes) is 51. The van der Waals surface area contributed by atoms with Crippen LogP contribution in [0.15, 0.2) is 0 Å². The molecule has 0 aromatic rings. The van der Waals surface area contributed by atoms with E-state index in [1.165, 1.54) is 308 Å². The molecule has 1 amide bonds. The van der Waals surface area contributed by atoms with Crippen LogP contribution < -0.4 is 5.32 Å². The van der Waals surface area contributed by atoms with Gasteiger partial charge in [-0.25, -0.2) is 0 Å². The van der Waals surface area contributed by atoms with Gasteiger partial charge in [-0.1, -0.05) is 341 Å². The van der Waals surface area contributed by atoms with Gasteiger partial charge in [-0.3, -0.25) is 9.59 Å². The molecule has 0 aromatic carbocycles. The van der Waals surface area contributed by atoms with Crippen molar-refractivity contribution in [1.29, 1.82) is 0 Å². The van der Waals surface area contributed by atoms with Gasteiger partial charge in [0.1, 0.15) is 0 Å². The molecular weight excluding hydrogens is 875 g/mol. The van der Waals surface area contributed by atoms with Gasteiger partial charge in [-0.15, -0.1) is 0 Å². The third kappa shape index (κ3) is 58.0. The largest absolute Gasteiger partial charge is 0.466 e. The Morgan fingerprint density at radius 2 is 0.577 bits per heavy atom. The minimum Gasteiger partial charge on any atom is -0.466 e. The average molecular weight is 1000 g/mol. The van der Waals surface area contributed by atoms with Crippen molar-refractivity contribution in [1.82, 2.24) is 5.32 Å². The van der Waals surface area contributed by atoms with Crippen molar-refractivity contribution >= 4 is 11.9 Å². The van der Waals surface area contributed by atoms with E-state index in [1.807, 2.05) is 0 Å². The van der Waals surface area contributed by atoms with Gasteiger partial charge in [0.15, 0.2) is 0 Å². The number of ether oxygens (including phenoxy) is 1. The lowest BCUT2D eigenvalue weighted by Gasteiger charge is -2.22. The normalized spacial score (nSPS) is 12.5.